The minimum atomic E-state index is 0.140. The molecule has 2 nitrogen and oxygen atoms in total. The lowest BCUT2D eigenvalue weighted by molar-refractivity contribution is -0.116. The van der Waals surface area contributed by atoms with Crippen molar-refractivity contribution in [3.05, 3.63) is 29.3 Å². The molecule has 3 heteroatoms. The van der Waals surface area contributed by atoms with Crippen molar-refractivity contribution in [1.82, 2.24) is 0 Å². The molecular formula is C16H22BrNO. The van der Waals surface area contributed by atoms with E-state index in [0.717, 1.165) is 30.9 Å². The Bertz CT molecular complexity index is 458. The van der Waals surface area contributed by atoms with Gasteiger partial charge in [0.25, 0.3) is 0 Å². The number of alkyl halides is 1. The van der Waals surface area contributed by atoms with Crippen molar-refractivity contribution in [2.75, 3.05) is 5.32 Å². The van der Waals surface area contributed by atoms with E-state index in [1.54, 1.807) is 0 Å². The van der Waals surface area contributed by atoms with Crippen molar-refractivity contribution in [1.29, 1.82) is 0 Å². The van der Waals surface area contributed by atoms with Gasteiger partial charge < -0.3 is 5.32 Å². The van der Waals surface area contributed by atoms with Crippen molar-refractivity contribution >= 4 is 27.5 Å². The molecule has 0 saturated carbocycles. The first kappa shape index (κ1) is 14.6. The molecule has 0 aromatic heterocycles. The molecule has 0 fully saturated rings. The summed E-state index contributed by atoms with van der Waals surface area (Å²) >= 11 is 3.80. The Morgan fingerprint density at radius 2 is 2.16 bits per heavy atom. The van der Waals surface area contributed by atoms with E-state index >= 15 is 0 Å². The lowest BCUT2D eigenvalue weighted by atomic mass is 9.96. The molecule has 0 spiro atoms. The highest BCUT2D eigenvalue weighted by Gasteiger charge is 2.16. The van der Waals surface area contributed by atoms with Crippen molar-refractivity contribution < 1.29 is 4.79 Å². The highest BCUT2D eigenvalue weighted by molar-refractivity contribution is 9.09. The van der Waals surface area contributed by atoms with E-state index in [9.17, 15) is 4.79 Å². The molecule has 0 radical (unpaired) electrons. The summed E-state index contributed by atoms with van der Waals surface area (Å²) in [6.07, 6.45) is 4.94. The first-order valence-corrected chi connectivity index (χ1v) is 8.08. The van der Waals surface area contributed by atoms with Gasteiger partial charge in [-0.25, -0.2) is 0 Å². The van der Waals surface area contributed by atoms with Crippen LogP contribution in [0.15, 0.2) is 18.2 Å². The fourth-order valence-corrected chi connectivity index (χ4v) is 3.37. The Morgan fingerprint density at radius 3 is 2.89 bits per heavy atom. The van der Waals surface area contributed by atoms with Gasteiger partial charge in [0, 0.05) is 16.9 Å². The number of carbonyl (C=O) groups excluding carboxylic acids is 1. The molecule has 104 valence electrons. The van der Waals surface area contributed by atoms with Gasteiger partial charge in [-0.15, -0.1) is 0 Å². The number of amides is 1. The molecule has 1 aromatic carbocycles. The predicted octanol–water partition coefficient (Wildman–Crippen LogP) is 4.83. The Balaban J connectivity index is 2.16. The van der Waals surface area contributed by atoms with Gasteiger partial charge in [-0.3, -0.25) is 4.79 Å². The zero-order valence-electron chi connectivity index (χ0n) is 11.7. The quantitative estimate of drug-likeness (QED) is 0.790. The molecule has 19 heavy (non-hydrogen) atoms. The molecule has 0 bridgehead atoms. The number of aryl methyl sites for hydroxylation is 1. The number of benzene rings is 1. The highest BCUT2D eigenvalue weighted by atomic mass is 79.9. The van der Waals surface area contributed by atoms with E-state index in [4.69, 9.17) is 0 Å². The highest BCUT2D eigenvalue weighted by Crippen LogP contribution is 2.34. The largest absolute Gasteiger partial charge is 0.326 e. The van der Waals surface area contributed by atoms with Crippen molar-refractivity contribution in [3.8, 4) is 0 Å². The Labute approximate surface area is 124 Å². The van der Waals surface area contributed by atoms with Crippen LogP contribution in [0.3, 0.4) is 0 Å². The fourth-order valence-electron chi connectivity index (χ4n) is 2.45. The van der Waals surface area contributed by atoms with Crippen molar-refractivity contribution in [2.24, 2.45) is 5.92 Å². The number of nitrogens with one attached hydrogen (secondary N) is 1. The molecule has 2 unspecified atom stereocenters. The Kier molecular flexibility index (Phi) is 5.03. The van der Waals surface area contributed by atoms with Crippen LogP contribution >= 0.6 is 15.9 Å². The zero-order valence-corrected chi connectivity index (χ0v) is 13.3. The summed E-state index contributed by atoms with van der Waals surface area (Å²) in [5.74, 6) is 0.865. The third kappa shape index (κ3) is 3.82. The maximum absolute atomic E-state index is 11.5. The second-order valence-corrected chi connectivity index (χ2v) is 6.64. The van der Waals surface area contributed by atoms with E-state index < -0.39 is 0 Å². The lowest BCUT2D eigenvalue weighted by Crippen LogP contribution is -2.09. The third-order valence-corrected chi connectivity index (χ3v) is 4.82. The lowest BCUT2D eigenvalue weighted by Gasteiger charge is -2.17. The SMILES string of the molecule is CCC(C)CC(Br)c1ccc2c(c1)CCCC(=O)N2. The van der Waals surface area contributed by atoms with E-state index in [1.165, 1.54) is 17.5 Å². The van der Waals surface area contributed by atoms with Crippen LogP contribution in [-0.2, 0) is 11.2 Å². The first-order chi connectivity index (χ1) is 9.10. The van der Waals surface area contributed by atoms with Gasteiger partial charge in [0.05, 0.1) is 0 Å². The molecule has 1 aliphatic rings. The monoisotopic (exact) mass is 323 g/mol. The second kappa shape index (κ2) is 6.56. The number of hydrogen-bond donors (Lipinski definition) is 1. The molecule has 1 aliphatic heterocycles. The maximum Gasteiger partial charge on any atom is 0.224 e. The summed E-state index contributed by atoms with van der Waals surface area (Å²) in [6, 6.07) is 6.44. The van der Waals surface area contributed by atoms with Crippen LogP contribution in [0.5, 0.6) is 0 Å². The number of rotatable bonds is 4. The van der Waals surface area contributed by atoms with Crippen molar-refractivity contribution in [3.63, 3.8) is 0 Å². The fraction of sp³-hybridized carbons (Fsp3) is 0.562. The van der Waals surface area contributed by atoms with Crippen LogP contribution < -0.4 is 5.32 Å². The molecule has 1 aromatic rings. The first-order valence-electron chi connectivity index (χ1n) is 7.17. The van der Waals surface area contributed by atoms with Gasteiger partial charge in [0.2, 0.25) is 5.91 Å². The summed E-state index contributed by atoms with van der Waals surface area (Å²) in [6.45, 7) is 4.52. The smallest absolute Gasteiger partial charge is 0.224 e. The normalized spacial score (nSPS) is 18.2. The van der Waals surface area contributed by atoms with E-state index in [-0.39, 0.29) is 5.91 Å². The third-order valence-electron chi connectivity index (χ3n) is 3.92. The number of anilines is 1. The molecule has 0 aliphatic carbocycles. The van der Waals surface area contributed by atoms with Crippen molar-refractivity contribution in [2.45, 2.75) is 50.8 Å². The maximum atomic E-state index is 11.5. The molecule has 0 saturated heterocycles. The van der Waals surface area contributed by atoms with Gasteiger partial charge in [0.15, 0.2) is 0 Å². The van der Waals surface area contributed by atoms with Gasteiger partial charge >= 0.3 is 0 Å². The molecule has 1 N–H and O–H groups in total. The number of carbonyl (C=O) groups is 1. The molecule has 1 heterocycles. The summed E-state index contributed by atoms with van der Waals surface area (Å²) in [4.78, 5) is 11.9. The minimum absolute atomic E-state index is 0.140. The molecular weight excluding hydrogens is 302 g/mol. The molecule has 1 amide bonds. The van der Waals surface area contributed by atoms with Crippen LogP contribution in [0.1, 0.15) is 55.5 Å². The van der Waals surface area contributed by atoms with Gasteiger partial charge in [-0.05, 0) is 42.4 Å². The van der Waals surface area contributed by atoms with E-state index in [0.29, 0.717) is 11.2 Å². The summed E-state index contributed by atoms with van der Waals surface area (Å²) in [7, 11) is 0. The summed E-state index contributed by atoms with van der Waals surface area (Å²) < 4.78 is 0. The summed E-state index contributed by atoms with van der Waals surface area (Å²) in [5, 5.41) is 2.99. The number of halogens is 1. The summed E-state index contributed by atoms with van der Waals surface area (Å²) in [5.41, 5.74) is 3.60. The predicted molar refractivity (Wildman–Crippen MR) is 83.7 cm³/mol. The van der Waals surface area contributed by atoms with Crippen LogP contribution in [0.2, 0.25) is 0 Å². The molecule has 2 rings (SSSR count). The average molecular weight is 324 g/mol. The second-order valence-electron chi connectivity index (χ2n) is 5.53. The zero-order chi connectivity index (χ0) is 13.8. The standard InChI is InChI=1S/C16H22BrNO/c1-3-11(2)9-14(17)12-7-8-15-13(10-12)5-4-6-16(19)18-15/h7-8,10-11,14H,3-6,9H2,1-2H3,(H,18,19). The van der Waals surface area contributed by atoms with Crippen LogP contribution in [-0.4, -0.2) is 5.91 Å². The topological polar surface area (TPSA) is 29.1 Å². The van der Waals surface area contributed by atoms with Gasteiger partial charge in [-0.2, -0.15) is 0 Å². The van der Waals surface area contributed by atoms with Gasteiger partial charge in [0.1, 0.15) is 0 Å². The van der Waals surface area contributed by atoms with Gasteiger partial charge in [-0.1, -0.05) is 48.3 Å². The Hall–Kier alpha value is -0.830. The van der Waals surface area contributed by atoms with Crippen LogP contribution in [0.4, 0.5) is 5.69 Å². The number of fused-ring (bicyclic) bond motifs is 1. The Morgan fingerprint density at radius 1 is 1.37 bits per heavy atom. The van der Waals surface area contributed by atoms with E-state index in [1.807, 2.05) is 0 Å². The average Bonchev–Trinajstić information content (AvgIpc) is 2.58. The van der Waals surface area contributed by atoms with E-state index in [2.05, 4.69) is 53.3 Å². The number of hydrogen-bond acceptors (Lipinski definition) is 1. The van der Waals surface area contributed by atoms with Crippen LogP contribution in [0, 0.1) is 5.92 Å². The molecule has 2 atom stereocenters. The minimum Gasteiger partial charge on any atom is -0.326 e. The van der Waals surface area contributed by atoms with Crippen LogP contribution in [0.25, 0.3) is 0 Å².